The lowest BCUT2D eigenvalue weighted by atomic mass is 9.91. The molecule has 0 aromatic carbocycles. The minimum Gasteiger partial charge on any atom is -0.103 e. The fraction of sp³-hybridized carbons (Fsp3) is 0.852. The van der Waals surface area contributed by atoms with Crippen LogP contribution in [0, 0.1) is 43.4 Å². The minimum atomic E-state index is 0.877. The lowest BCUT2D eigenvalue weighted by Gasteiger charge is -2.15. The van der Waals surface area contributed by atoms with Gasteiger partial charge in [-0.2, -0.15) is 0 Å². The van der Waals surface area contributed by atoms with Gasteiger partial charge < -0.3 is 0 Å². The first-order chi connectivity index (χ1) is 13.1. The summed E-state index contributed by atoms with van der Waals surface area (Å²) in [5.74, 6) is 9.16. The van der Waals surface area contributed by atoms with Crippen molar-refractivity contribution in [2.24, 2.45) is 17.8 Å². The van der Waals surface area contributed by atoms with Crippen LogP contribution in [0.5, 0.6) is 0 Å². The zero-order valence-corrected chi connectivity index (χ0v) is 19.2. The second-order valence-corrected chi connectivity index (χ2v) is 9.08. The molecule has 0 nitrogen and oxygen atoms in total. The van der Waals surface area contributed by atoms with E-state index in [2.05, 4.69) is 46.5 Å². The first-order valence-corrected chi connectivity index (χ1v) is 12.1. The maximum atomic E-state index is 3.97. The van der Waals surface area contributed by atoms with Crippen molar-refractivity contribution in [3.8, 4) is 11.8 Å². The molecule has 27 heavy (non-hydrogen) atoms. The third-order valence-electron chi connectivity index (χ3n) is 5.91. The Morgan fingerprint density at radius 1 is 0.481 bits per heavy atom. The Hall–Kier alpha value is -0.440. The van der Waals surface area contributed by atoms with Crippen molar-refractivity contribution in [3.63, 3.8) is 0 Å². The van der Waals surface area contributed by atoms with E-state index in [-0.39, 0.29) is 0 Å². The van der Waals surface area contributed by atoms with Crippen molar-refractivity contribution in [2.45, 2.75) is 130 Å². The molecule has 0 aromatic rings. The molecule has 0 rings (SSSR count). The average Bonchev–Trinajstić information content (AvgIpc) is 2.64. The zero-order valence-electron chi connectivity index (χ0n) is 19.2. The van der Waals surface area contributed by atoms with E-state index in [1.165, 1.54) is 83.5 Å². The molecule has 0 aliphatic heterocycles. The fourth-order valence-electron chi connectivity index (χ4n) is 3.91. The SMILES string of the molecule is [CH2]CCC#CCCCCCCC(C)CCCCC(C)CCCC(C)CC[CH2]. The zero-order chi connectivity index (χ0) is 20.2. The van der Waals surface area contributed by atoms with Gasteiger partial charge in [0.25, 0.3) is 0 Å². The van der Waals surface area contributed by atoms with Gasteiger partial charge in [-0.1, -0.05) is 118 Å². The molecule has 0 N–H and O–H groups in total. The third kappa shape index (κ3) is 20.1. The summed E-state index contributed by atoms with van der Waals surface area (Å²) in [7, 11) is 0. The predicted molar refractivity (Wildman–Crippen MR) is 124 cm³/mol. The highest BCUT2D eigenvalue weighted by Gasteiger charge is 2.06. The Balaban J connectivity index is 3.40. The van der Waals surface area contributed by atoms with Crippen LogP contribution in [0.1, 0.15) is 130 Å². The van der Waals surface area contributed by atoms with Crippen LogP contribution < -0.4 is 0 Å². The molecule has 3 atom stereocenters. The van der Waals surface area contributed by atoms with Crippen LogP contribution in [0.4, 0.5) is 0 Å². The molecule has 3 unspecified atom stereocenters. The molecule has 0 spiro atoms. The van der Waals surface area contributed by atoms with Gasteiger partial charge in [-0.3, -0.25) is 0 Å². The summed E-state index contributed by atoms with van der Waals surface area (Å²) in [5, 5.41) is 0. The van der Waals surface area contributed by atoms with E-state index in [1.807, 2.05) is 0 Å². The fourth-order valence-corrected chi connectivity index (χ4v) is 3.91. The molecule has 0 bridgehead atoms. The van der Waals surface area contributed by atoms with Gasteiger partial charge in [0.2, 0.25) is 0 Å². The van der Waals surface area contributed by atoms with E-state index >= 15 is 0 Å². The van der Waals surface area contributed by atoms with Crippen LogP contribution in [0.2, 0.25) is 0 Å². The number of rotatable bonds is 18. The van der Waals surface area contributed by atoms with Crippen LogP contribution in [0.25, 0.3) is 0 Å². The van der Waals surface area contributed by atoms with Crippen molar-refractivity contribution >= 4 is 0 Å². The molecule has 0 amide bonds. The number of unbranched alkanes of at least 4 members (excludes halogenated alkanes) is 6. The number of hydrogen-bond donors (Lipinski definition) is 0. The molecular weight excluding hydrogens is 324 g/mol. The van der Waals surface area contributed by atoms with Crippen molar-refractivity contribution in [2.75, 3.05) is 0 Å². The van der Waals surface area contributed by atoms with Gasteiger partial charge in [0.1, 0.15) is 0 Å². The molecule has 158 valence electrons. The Bertz CT molecular complexity index is 345. The summed E-state index contributed by atoms with van der Waals surface area (Å²) in [6.45, 7) is 15.1. The van der Waals surface area contributed by atoms with E-state index < -0.39 is 0 Å². The van der Waals surface area contributed by atoms with Gasteiger partial charge in [0, 0.05) is 12.8 Å². The first-order valence-electron chi connectivity index (χ1n) is 12.1. The lowest BCUT2D eigenvalue weighted by molar-refractivity contribution is 0.386. The smallest absolute Gasteiger partial charge is 0.00886 e. The standard InChI is InChI=1S/C27H50/c1-6-8-9-10-11-12-13-14-15-20-26(4)21-16-17-22-27(5)24-18-23-25(3)19-7-2/h25-27H,1-2,6-8,11-24H2,3-5H3. The quantitative estimate of drug-likeness (QED) is 0.166. The van der Waals surface area contributed by atoms with Crippen LogP contribution in [0.15, 0.2) is 0 Å². The maximum absolute atomic E-state index is 3.97. The van der Waals surface area contributed by atoms with Crippen LogP contribution in [0.3, 0.4) is 0 Å². The Kier molecular flexibility index (Phi) is 20.0. The molecule has 0 aliphatic rings. The minimum absolute atomic E-state index is 0.877. The van der Waals surface area contributed by atoms with E-state index in [0.29, 0.717) is 0 Å². The van der Waals surface area contributed by atoms with E-state index in [0.717, 1.165) is 43.4 Å². The average molecular weight is 375 g/mol. The number of hydrogen-bond acceptors (Lipinski definition) is 0. The van der Waals surface area contributed by atoms with E-state index in [4.69, 9.17) is 0 Å². The highest BCUT2D eigenvalue weighted by atomic mass is 14.1. The molecule has 0 aliphatic carbocycles. The van der Waals surface area contributed by atoms with E-state index in [1.54, 1.807) is 0 Å². The highest BCUT2D eigenvalue weighted by Crippen LogP contribution is 2.22. The van der Waals surface area contributed by atoms with Gasteiger partial charge in [0.15, 0.2) is 0 Å². The predicted octanol–water partition coefficient (Wildman–Crippen LogP) is 9.20. The summed E-state index contributed by atoms with van der Waals surface area (Å²) in [6.07, 6.45) is 22.3. The summed E-state index contributed by atoms with van der Waals surface area (Å²) in [4.78, 5) is 0. The van der Waals surface area contributed by atoms with Crippen molar-refractivity contribution in [3.05, 3.63) is 13.8 Å². The van der Waals surface area contributed by atoms with Gasteiger partial charge in [-0.05, 0) is 30.6 Å². The topological polar surface area (TPSA) is 0 Å². The molecule has 0 saturated heterocycles. The molecule has 2 radical (unpaired) electrons. The molecular formula is C27H50. The second-order valence-electron chi connectivity index (χ2n) is 9.08. The largest absolute Gasteiger partial charge is 0.103 e. The molecule has 0 heterocycles. The van der Waals surface area contributed by atoms with Gasteiger partial charge in [0.05, 0.1) is 0 Å². The van der Waals surface area contributed by atoms with Crippen molar-refractivity contribution < 1.29 is 0 Å². The van der Waals surface area contributed by atoms with Gasteiger partial charge >= 0.3 is 0 Å². The van der Waals surface area contributed by atoms with Gasteiger partial charge in [-0.25, -0.2) is 0 Å². The molecule has 0 heteroatoms. The molecule has 0 aromatic heterocycles. The van der Waals surface area contributed by atoms with E-state index in [9.17, 15) is 0 Å². The summed E-state index contributed by atoms with van der Waals surface area (Å²) in [5.41, 5.74) is 0. The Morgan fingerprint density at radius 2 is 0.926 bits per heavy atom. The first kappa shape index (κ1) is 26.6. The van der Waals surface area contributed by atoms with Crippen LogP contribution >= 0.6 is 0 Å². The highest BCUT2D eigenvalue weighted by molar-refractivity contribution is 4.98. The molecule has 0 fully saturated rings. The Labute approximate surface area is 173 Å². The lowest BCUT2D eigenvalue weighted by Crippen LogP contribution is -2.00. The Morgan fingerprint density at radius 3 is 1.48 bits per heavy atom. The normalized spacial score (nSPS) is 14.4. The van der Waals surface area contributed by atoms with Crippen molar-refractivity contribution in [1.29, 1.82) is 0 Å². The second kappa shape index (κ2) is 20.3. The monoisotopic (exact) mass is 374 g/mol. The molecule has 0 saturated carbocycles. The van der Waals surface area contributed by atoms with Gasteiger partial charge in [-0.15, -0.1) is 11.8 Å². The summed E-state index contributed by atoms with van der Waals surface area (Å²) in [6, 6.07) is 0. The third-order valence-corrected chi connectivity index (χ3v) is 5.91. The van der Waals surface area contributed by atoms with Crippen LogP contribution in [-0.2, 0) is 0 Å². The summed E-state index contributed by atoms with van der Waals surface area (Å²) < 4.78 is 0. The van der Waals surface area contributed by atoms with Crippen molar-refractivity contribution in [1.82, 2.24) is 0 Å². The van der Waals surface area contributed by atoms with Crippen LogP contribution in [-0.4, -0.2) is 0 Å². The summed E-state index contributed by atoms with van der Waals surface area (Å²) >= 11 is 0. The maximum Gasteiger partial charge on any atom is 0.00886 e.